The fourth-order valence-corrected chi connectivity index (χ4v) is 2.58. The van der Waals surface area contributed by atoms with Crippen LogP contribution in [0.3, 0.4) is 0 Å². The summed E-state index contributed by atoms with van der Waals surface area (Å²) in [6.45, 7) is 0. The van der Waals surface area contributed by atoms with Gasteiger partial charge in [-0.05, 0) is 29.7 Å². The molecule has 0 fully saturated rings. The summed E-state index contributed by atoms with van der Waals surface area (Å²) < 4.78 is 39.1. The van der Waals surface area contributed by atoms with Gasteiger partial charge in [-0.1, -0.05) is 30.3 Å². The smallest absolute Gasteiger partial charge is 0.521 e. The van der Waals surface area contributed by atoms with E-state index in [1.165, 1.54) is 18.2 Å². The Hall–Kier alpha value is -2.56. The average molecular weight is 282 g/mol. The molecule has 0 saturated heterocycles. The van der Waals surface area contributed by atoms with E-state index in [1.54, 1.807) is 12.1 Å². The number of hydrogen-bond acceptors (Lipinski definition) is 2. The van der Waals surface area contributed by atoms with E-state index in [2.05, 4.69) is 0 Å². The van der Waals surface area contributed by atoms with Crippen molar-refractivity contribution in [1.29, 1.82) is 0 Å². The highest BCUT2D eigenvalue weighted by Crippen LogP contribution is 2.37. The first-order chi connectivity index (χ1) is 10.2. The van der Waals surface area contributed by atoms with Gasteiger partial charge < -0.3 is 9.31 Å². The first kappa shape index (κ1) is 12.2. The molecule has 5 heteroatoms. The maximum absolute atomic E-state index is 13.9. The molecule has 0 saturated carbocycles. The maximum atomic E-state index is 13.9. The van der Waals surface area contributed by atoms with Gasteiger partial charge in [0.05, 0.1) is 10.8 Å². The van der Waals surface area contributed by atoms with Gasteiger partial charge in [-0.3, -0.25) is 0 Å². The largest absolute Gasteiger partial charge is 0.638 e. The van der Waals surface area contributed by atoms with E-state index in [4.69, 9.17) is 9.31 Å². The SMILES string of the molecule is Fc1cccc(F)c1B1Oc2cccc3cccc(c23)O1. The minimum Gasteiger partial charge on any atom is -0.521 e. The lowest BCUT2D eigenvalue weighted by Crippen LogP contribution is -2.47. The monoisotopic (exact) mass is 282 g/mol. The number of benzene rings is 3. The Bertz CT molecular complexity index is 790. The van der Waals surface area contributed by atoms with Crippen molar-refractivity contribution in [3.05, 3.63) is 66.2 Å². The highest BCUT2D eigenvalue weighted by Gasteiger charge is 2.37. The van der Waals surface area contributed by atoms with Crippen LogP contribution in [-0.4, -0.2) is 7.12 Å². The Morgan fingerprint density at radius 1 is 0.714 bits per heavy atom. The van der Waals surface area contributed by atoms with Crippen LogP contribution < -0.4 is 14.8 Å². The molecular weight excluding hydrogens is 273 g/mol. The zero-order valence-corrected chi connectivity index (χ0v) is 10.8. The molecule has 3 aromatic carbocycles. The van der Waals surface area contributed by atoms with E-state index in [9.17, 15) is 8.78 Å². The molecule has 0 radical (unpaired) electrons. The molecule has 0 N–H and O–H groups in total. The van der Waals surface area contributed by atoms with Gasteiger partial charge in [-0.2, -0.15) is 0 Å². The predicted molar refractivity (Wildman–Crippen MR) is 77.0 cm³/mol. The summed E-state index contributed by atoms with van der Waals surface area (Å²) in [5.41, 5.74) is -0.219. The van der Waals surface area contributed by atoms with E-state index in [-0.39, 0.29) is 5.46 Å². The minimum atomic E-state index is -1.13. The van der Waals surface area contributed by atoms with Crippen molar-refractivity contribution in [3.63, 3.8) is 0 Å². The molecule has 0 amide bonds. The number of rotatable bonds is 1. The summed E-state index contributed by atoms with van der Waals surface area (Å²) in [6.07, 6.45) is 0. The van der Waals surface area contributed by atoms with E-state index in [0.717, 1.165) is 10.8 Å². The third-order valence-corrected chi connectivity index (χ3v) is 3.53. The lowest BCUT2D eigenvalue weighted by molar-refractivity contribution is 0.422. The molecule has 3 aromatic rings. The van der Waals surface area contributed by atoms with Crippen molar-refractivity contribution in [2.75, 3.05) is 0 Å². The summed E-state index contributed by atoms with van der Waals surface area (Å²) in [5.74, 6) is -0.262. The van der Waals surface area contributed by atoms with Gasteiger partial charge in [0.25, 0.3) is 0 Å². The first-order valence-electron chi connectivity index (χ1n) is 6.53. The first-order valence-corrected chi connectivity index (χ1v) is 6.53. The minimum absolute atomic E-state index is 0.219. The molecule has 0 aliphatic carbocycles. The summed E-state index contributed by atoms with van der Waals surface area (Å²) in [6, 6.07) is 14.7. The lowest BCUT2D eigenvalue weighted by atomic mass is 9.76. The van der Waals surface area contributed by atoms with Crippen LogP contribution in [0, 0.1) is 11.6 Å². The molecule has 0 aromatic heterocycles. The third kappa shape index (κ3) is 1.85. The Morgan fingerprint density at radius 3 is 1.81 bits per heavy atom. The van der Waals surface area contributed by atoms with Gasteiger partial charge >= 0.3 is 7.12 Å². The van der Waals surface area contributed by atoms with Crippen LogP contribution in [0.5, 0.6) is 11.5 Å². The van der Waals surface area contributed by atoms with Crippen LogP contribution in [-0.2, 0) is 0 Å². The van der Waals surface area contributed by atoms with Crippen molar-refractivity contribution in [3.8, 4) is 11.5 Å². The van der Waals surface area contributed by atoms with Crippen LogP contribution in [0.4, 0.5) is 8.78 Å². The maximum Gasteiger partial charge on any atom is 0.638 e. The summed E-state index contributed by atoms with van der Waals surface area (Å²) >= 11 is 0. The van der Waals surface area contributed by atoms with Crippen LogP contribution in [0.25, 0.3) is 10.8 Å². The molecule has 2 nitrogen and oxygen atoms in total. The van der Waals surface area contributed by atoms with Gasteiger partial charge in [0.15, 0.2) is 0 Å². The second-order valence-corrected chi connectivity index (χ2v) is 4.81. The summed E-state index contributed by atoms with van der Waals surface area (Å²) in [5, 5.41) is 1.77. The Kier molecular flexibility index (Phi) is 2.60. The third-order valence-electron chi connectivity index (χ3n) is 3.53. The normalized spacial score (nSPS) is 13.0. The fraction of sp³-hybridized carbons (Fsp3) is 0. The highest BCUT2D eigenvalue weighted by molar-refractivity contribution is 6.63. The van der Waals surface area contributed by atoms with Crippen molar-refractivity contribution in [2.45, 2.75) is 0 Å². The molecule has 1 heterocycles. The van der Waals surface area contributed by atoms with Crippen molar-refractivity contribution in [2.24, 2.45) is 0 Å². The molecule has 0 bridgehead atoms. The van der Waals surface area contributed by atoms with E-state index < -0.39 is 18.8 Å². The molecule has 1 aliphatic rings. The molecule has 0 atom stereocenters. The average Bonchev–Trinajstić information content (AvgIpc) is 2.47. The second-order valence-electron chi connectivity index (χ2n) is 4.81. The Labute approximate surface area is 120 Å². The number of halogens is 2. The zero-order chi connectivity index (χ0) is 14.4. The molecule has 0 unspecified atom stereocenters. The molecule has 102 valence electrons. The fourth-order valence-electron chi connectivity index (χ4n) is 2.58. The van der Waals surface area contributed by atoms with Crippen LogP contribution in [0.2, 0.25) is 0 Å². The van der Waals surface area contributed by atoms with Gasteiger partial charge in [-0.15, -0.1) is 0 Å². The lowest BCUT2D eigenvalue weighted by Gasteiger charge is -2.25. The van der Waals surface area contributed by atoms with Crippen molar-refractivity contribution < 1.29 is 18.1 Å². The van der Waals surface area contributed by atoms with Crippen molar-refractivity contribution >= 4 is 23.4 Å². The Morgan fingerprint density at radius 2 is 1.24 bits per heavy atom. The van der Waals surface area contributed by atoms with Crippen LogP contribution in [0.15, 0.2) is 54.6 Å². The highest BCUT2D eigenvalue weighted by atomic mass is 19.1. The van der Waals surface area contributed by atoms with E-state index in [0.29, 0.717) is 11.5 Å². The molecular formula is C16H9BF2O2. The van der Waals surface area contributed by atoms with Gasteiger partial charge in [0.1, 0.15) is 23.1 Å². The standard InChI is InChI=1S/C16H9BF2O2/c18-11-6-3-7-12(19)16(11)17-20-13-8-1-4-10-5-2-9-14(21-17)15(10)13/h1-9H. The topological polar surface area (TPSA) is 18.5 Å². The number of hydrogen-bond donors (Lipinski definition) is 0. The van der Waals surface area contributed by atoms with Crippen LogP contribution in [0.1, 0.15) is 0 Å². The van der Waals surface area contributed by atoms with E-state index in [1.807, 2.05) is 24.3 Å². The Balaban J connectivity index is 1.87. The predicted octanol–water partition coefficient (Wildman–Crippen LogP) is 3.28. The quantitative estimate of drug-likeness (QED) is 0.638. The summed E-state index contributed by atoms with van der Waals surface area (Å²) in [4.78, 5) is 0. The van der Waals surface area contributed by atoms with E-state index >= 15 is 0 Å². The van der Waals surface area contributed by atoms with Gasteiger partial charge in [0.2, 0.25) is 0 Å². The molecule has 4 rings (SSSR count). The van der Waals surface area contributed by atoms with Gasteiger partial charge in [-0.25, -0.2) is 8.78 Å². The second kappa shape index (κ2) is 4.48. The summed E-state index contributed by atoms with van der Waals surface area (Å²) in [7, 11) is -1.13. The van der Waals surface area contributed by atoms with Crippen molar-refractivity contribution in [1.82, 2.24) is 0 Å². The molecule has 1 aliphatic heterocycles. The molecule has 21 heavy (non-hydrogen) atoms. The van der Waals surface area contributed by atoms with Gasteiger partial charge in [0, 0.05) is 0 Å². The van der Waals surface area contributed by atoms with Crippen LogP contribution >= 0.6 is 0 Å². The zero-order valence-electron chi connectivity index (χ0n) is 10.8. The molecule has 0 spiro atoms.